The highest BCUT2D eigenvalue weighted by Crippen LogP contribution is 2.33. The zero-order chi connectivity index (χ0) is 14.7. The minimum Gasteiger partial charge on any atom is -0.485 e. The van der Waals surface area contributed by atoms with Crippen molar-refractivity contribution in [2.24, 2.45) is 0 Å². The number of nitrogens with zero attached hydrogens (tertiary/aromatic N) is 1. The Bertz CT molecular complexity index is 533. The smallest absolute Gasteiger partial charge is 0.271 e. The van der Waals surface area contributed by atoms with Crippen LogP contribution in [0.4, 0.5) is 5.69 Å². The van der Waals surface area contributed by atoms with Crippen LogP contribution in [0, 0.1) is 10.1 Å². The number of benzene rings is 1. The Kier molecular flexibility index (Phi) is 4.57. The van der Waals surface area contributed by atoms with Crippen LogP contribution in [-0.4, -0.2) is 29.5 Å². The lowest BCUT2D eigenvalue weighted by Gasteiger charge is -2.34. The molecule has 2 atom stereocenters. The minimum atomic E-state index is -0.568. The van der Waals surface area contributed by atoms with Gasteiger partial charge >= 0.3 is 0 Å². The highest BCUT2D eigenvalue weighted by Gasteiger charge is 2.42. The summed E-state index contributed by atoms with van der Waals surface area (Å²) in [5, 5.41) is 10.8. The van der Waals surface area contributed by atoms with E-state index in [0.717, 1.165) is 6.42 Å². The summed E-state index contributed by atoms with van der Waals surface area (Å²) in [6, 6.07) is 3.96. The highest BCUT2D eigenvalue weighted by atomic mass is 35.5. The number of carbonyl (C=O) groups is 1. The Morgan fingerprint density at radius 1 is 1.50 bits per heavy atom. The number of nitro groups is 1. The number of nitro benzene ring substituents is 1. The third kappa shape index (κ3) is 3.08. The Labute approximate surface area is 120 Å². The van der Waals surface area contributed by atoms with Crippen molar-refractivity contribution in [3.63, 3.8) is 0 Å². The number of ketones is 1. The maximum atomic E-state index is 11.4. The van der Waals surface area contributed by atoms with Crippen molar-refractivity contribution in [1.82, 2.24) is 0 Å². The van der Waals surface area contributed by atoms with Gasteiger partial charge in [0.15, 0.2) is 11.9 Å². The van der Waals surface area contributed by atoms with Gasteiger partial charge in [0.2, 0.25) is 0 Å². The normalized spacial score (nSPS) is 21.4. The SMILES string of the molecule is CCCOC1C(=O)CC1Oc1ccc([N+](=O)[O-])cc1Cl. The topological polar surface area (TPSA) is 78.7 Å². The summed E-state index contributed by atoms with van der Waals surface area (Å²) < 4.78 is 11.0. The molecule has 2 unspecified atom stereocenters. The van der Waals surface area contributed by atoms with Crippen LogP contribution in [0.15, 0.2) is 18.2 Å². The predicted octanol–water partition coefficient (Wildman–Crippen LogP) is 2.76. The summed E-state index contributed by atoms with van der Waals surface area (Å²) in [7, 11) is 0. The first kappa shape index (κ1) is 14.7. The first-order valence-corrected chi connectivity index (χ1v) is 6.65. The molecule has 7 heteroatoms. The van der Waals surface area contributed by atoms with Crippen LogP contribution in [0.25, 0.3) is 0 Å². The fourth-order valence-electron chi connectivity index (χ4n) is 1.88. The van der Waals surface area contributed by atoms with E-state index in [1.807, 2.05) is 6.92 Å². The molecule has 2 rings (SSSR count). The molecule has 0 radical (unpaired) electrons. The molecule has 0 N–H and O–H groups in total. The van der Waals surface area contributed by atoms with Gasteiger partial charge in [0.25, 0.3) is 5.69 Å². The number of rotatable bonds is 6. The van der Waals surface area contributed by atoms with Gasteiger partial charge < -0.3 is 9.47 Å². The molecule has 0 saturated heterocycles. The van der Waals surface area contributed by atoms with Crippen LogP contribution in [0.1, 0.15) is 19.8 Å². The molecule has 0 heterocycles. The molecule has 1 aliphatic carbocycles. The maximum Gasteiger partial charge on any atom is 0.271 e. The zero-order valence-corrected chi connectivity index (χ0v) is 11.6. The number of non-ortho nitro benzene ring substituents is 1. The molecule has 0 aromatic heterocycles. The minimum absolute atomic E-state index is 0.00137. The van der Waals surface area contributed by atoms with Crippen LogP contribution in [-0.2, 0) is 9.53 Å². The van der Waals surface area contributed by atoms with E-state index in [1.165, 1.54) is 18.2 Å². The van der Waals surface area contributed by atoms with Crippen LogP contribution >= 0.6 is 11.6 Å². The largest absolute Gasteiger partial charge is 0.485 e. The fraction of sp³-hybridized carbons (Fsp3) is 0.462. The average Bonchev–Trinajstić information content (AvgIpc) is 2.40. The number of hydrogen-bond donors (Lipinski definition) is 0. The van der Waals surface area contributed by atoms with E-state index in [-0.39, 0.29) is 29.0 Å². The van der Waals surface area contributed by atoms with Crippen LogP contribution in [0.3, 0.4) is 0 Å². The summed E-state index contributed by atoms with van der Waals surface area (Å²) in [4.78, 5) is 21.5. The Balaban J connectivity index is 2.03. The Hall–Kier alpha value is -1.66. The number of carbonyl (C=O) groups excluding carboxylic acids is 1. The van der Waals surface area contributed by atoms with Gasteiger partial charge in [-0.2, -0.15) is 0 Å². The van der Waals surface area contributed by atoms with Gasteiger partial charge in [-0.15, -0.1) is 0 Å². The Morgan fingerprint density at radius 3 is 2.80 bits per heavy atom. The summed E-state index contributed by atoms with van der Waals surface area (Å²) in [5.74, 6) is 0.321. The third-order valence-corrected chi connectivity index (χ3v) is 3.26. The molecule has 1 fully saturated rings. The van der Waals surface area contributed by atoms with Crippen LogP contribution in [0.5, 0.6) is 5.75 Å². The molecule has 1 saturated carbocycles. The predicted molar refractivity (Wildman–Crippen MR) is 72.2 cm³/mol. The van der Waals surface area contributed by atoms with Gasteiger partial charge in [0.05, 0.1) is 9.95 Å². The standard InChI is InChI=1S/C13H14ClNO5/c1-2-5-19-13-10(16)7-12(13)20-11-4-3-8(15(17)18)6-9(11)14/h3-4,6,12-13H,2,5,7H2,1H3. The van der Waals surface area contributed by atoms with Crippen LogP contribution in [0.2, 0.25) is 5.02 Å². The van der Waals surface area contributed by atoms with Crippen molar-refractivity contribution >= 4 is 23.1 Å². The van der Waals surface area contributed by atoms with Gasteiger partial charge in [-0.3, -0.25) is 14.9 Å². The average molecular weight is 300 g/mol. The van der Waals surface area contributed by atoms with Crippen molar-refractivity contribution in [3.8, 4) is 5.75 Å². The fourth-order valence-corrected chi connectivity index (χ4v) is 2.10. The third-order valence-electron chi connectivity index (χ3n) is 2.96. The van der Waals surface area contributed by atoms with E-state index in [1.54, 1.807) is 0 Å². The molecule has 6 nitrogen and oxygen atoms in total. The first-order chi connectivity index (χ1) is 9.52. The second kappa shape index (κ2) is 6.19. The van der Waals surface area contributed by atoms with Crippen molar-refractivity contribution in [1.29, 1.82) is 0 Å². The maximum absolute atomic E-state index is 11.4. The number of halogens is 1. The molecule has 0 aliphatic heterocycles. The molecule has 0 bridgehead atoms. The lowest BCUT2D eigenvalue weighted by Crippen LogP contribution is -2.52. The second-order valence-corrected chi connectivity index (χ2v) is 4.90. The molecule has 108 valence electrons. The number of hydrogen-bond acceptors (Lipinski definition) is 5. The van der Waals surface area contributed by atoms with E-state index in [2.05, 4.69) is 0 Å². The van der Waals surface area contributed by atoms with Gasteiger partial charge in [-0.05, 0) is 12.5 Å². The molecule has 1 aliphatic rings. The molecule has 0 spiro atoms. The van der Waals surface area contributed by atoms with E-state index in [0.29, 0.717) is 12.4 Å². The Morgan fingerprint density at radius 2 is 2.25 bits per heavy atom. The van der Waals surface area contributed by atoms with Gasteiger partial charge in [-0.1, -0.05) is 18.5 Å². The van der Waals surface area contributed by atoms with E-state index < -0.39 is 11.0 Å². The van der Waals surface area contributed by atoms with Gasteiger partial charge in [-0.25, -0.2) is 0 Å². The van der Waals surface area contributed by atoms with Crippen molar-refractivity contribution < 1.29 is 19.2 Å². The summed E-state index contributed by atoms with van der Waals surface area (Å²) in [6.45, 7) is 2.44. The molecular weight excluding hydrogens is 286 g/mol. The molecule has 0 amide bonds. The first-order valence-electron chi connectivity index (χ1n) is 6.28. The van der Waals surface area contributed by atoms with Crippen molar-refractivity contribution in [2.45, 2.75) is 32.0 Å². The van der Waals surface area contributed by atoms with Gasteiger partial charge in [0.1, 0.15) is 11.9 Å². The van der Waals surface area contributed by atoms with Crippen molar-refractivity contribution in [2.75, 3.05) is 6.61 Å². The summed E-state index contributed by atoms with van der Waals surface area (Å²) >= 11 is 5.93. The van der Waals surface area contributed by atoms with Gasteiger partial charge in [0, 0.05) is 25.2 Å². The lowest BCUT2D eigenvalue weighted by atomic mass is 9.90. The van der Waals surface area contributed by atoms with Crippen molar-refractivity contribution in [3.05, 3.63) is 33.3 Å². The van der Waals surface area contributed by atoms with E-state index in [4.69, 9.17) is 21.1 Å². The molecule has 1 aromatic carbocycles. The lowest BCUT2D eigenvalue weighted by molar-refractivity contribution is -0.384. The second-order valence-electron chi connectivity index (χ2n) is 4.49. The molecule has 20 heavy (non-hydrogen) atoms. The molecule has 1 aromatic rings. The van der Waals surface area contributed by atoms with E-state index >= 15 is 0 Å². The quantitative estimate of drug-likeness (QED) is 0.596. The summed E-state index contributed by atoms with van der Waals surface area (Å²) in [5.41, 5.74) is -0.106. The summed E-state index contributed by atoms with van der Waals surface area (Å²) in [6.07, 6.45) is 0.130. The molecular formula is C13H14ClNO5. The zero-order valence-electron chi connectivity index (χ0n) is 10.9. The van der Waals surface area contributed by atoms with Crippen LogP contribution < -0.4 is 4.74 Å². The van der Waals surface area contributed by atoms with E-state index in [9.17, 15) is 14.9 Å². The highest BCUT2D eigenvalue weighted by molar-refractivity contribution is 6.32. The number of ether oxygens (including phenoxy) is 2. The number of Topliss-reactive ketones (excluding diaryl/α,β-unsaturated/α-hetero) is 1. The monoisotopic (exact) mass is 299 g/mol.